The Balaban J connectivity index is 0.00000300. The van der Waals surface area contributed by atoms with Crippen molar-refractivity contribution in [2.45, 2.75) is 47.0 Å². The van der Waals surface area contributed by atoms with Gasteiger partial charge >= 0.3 is 11.9 Å². The third-order valence-electron chi connectivity index (χ3n) is 5.60. The lowest BCUT2D eigenvalue weighted by molar-refractivity contribution is 0.0296. The standard InChI is InChI=1S/C24H28O4.CH4/c1-17-7-3-5-9-21(17)23(25)27-15-19-11-13-20(14-12-19)16-28-24(26)22-10-6-4-8-18(22)2;/h3-10,19-20H,11-16H2,1-2H3;1H4. The van der Waals surface area contributed by atoms with Gasteiger partial charge in [-0.3, -0.25) is 0 Å². The Hall–Kier alpha value is -2.62. The quantitative estimate of drug-likeness (QED) is 0.583. The summed E-state index contributed by atoms with van der Waals surface area (Å²) in [4.78, 5) is 24.5. The van der Waals surface area contributed by atoms with Crippen LogP contribution in [0.1, 0.15) is 65.0 Å². The molecule has 0 amide bonds. The van der Waals surface area contributed by atoms with Crippen molar-refractivity contribution in [1.82, 2.24) is 0 Å². The second-order valence-corrected chi connectivity index (χ2v) is 7.71. The summed E-state index contributed by atoms with van der Waals surface area (Å²) in [6, 6.07) is 15.0. The Labute approximate surface area is 174 Å². The maximum Gasteiger partial charge on any atom is 0.338 e. The van der Waals surface area contributed by atoms with Crippen molar-refractivity contribution in [2.24, 2.45) is 11.8 Å². The molecule has 4 heteroatoms. The van der Waals surface area contributed by atoms with Gasteiger partial charge in [-0.1, -0.05) is 43.8 Å². The van der Waals surface area contributed by atoms with E-state index in [1.165, 1.54) is 0 Å². The number of carbonyl (C=O) groups is 2. The molecule has 0 heterocycles. The molecule has 0 spiro atoms. The molecule has 0 unspecified atom stereocenters. The number of hydrogen-bond donors (Lipinski definition) is 0. The second-order valence-electron chi connectivity index (χ2n) is 7.71. The Morgan fingerprint density at radius 3 is 1.41 bits per heavy atom. The fraction of sp³-hybridized carbons (Fsp3) is 0.440. The number of rotatable bonds is 6. The van der Waals surface area contributed by atoms with Gasteiger partial charge in [0.1, 0.15) is 0 Å². The highest BCUT2D eigenvalue weighted by Crippen LogP contribution is 2.29. The predicted octanol–water partition coefficient (Wildman–Crippen LogP) is 5.76. The summed E-state index contributed by atoms with van der Waals surface area (Å²) in [5.41, 5.74) is 3.15. The van der Waals surface area contributed by atoms with Crippen LogP contribution >= 0.6 is 0 Å². The van der Waals surface area contributed by atoms with E-state index in [2.05, 4.69) is 0 Å². The average molecular weight is 397 g/mol. The van der Waals surface area contributed by atoms with Crippen LogP contribution in [0.5, 0.6) is 0 Å². The first-order chi connectivity index (χ1) is 13.5. The van der Waals surface area contributed by atoms with E-state index in [-0.39, 0.29) is 19.4 Å². The van der Waals surface area contributed by atoms with Gasteiger partial charge in [-0.25, -0.2) is 9.59 Å². The Morgan fingerprint density at radius 2 is 1.07 bits per heavy atom. The minimum absolute atomic E-state index is 0. The smallest absolute Gasteiger partial charge is 0.338 e. The van der Waals surface area contributed by atoms with Gasteiger partial charge < -0.3 is 9.47 Å². The summed E-state index contributed by atoms with van der Waals surface area (Å²) < 4.78 is 11.1. The predicted molar refractivity (Wildman–Crippen MR) is 115 cm³/mol. The Bertz CT molecular complexity index is 750. The third kappa shape index (κ3) is 6.18. The number of carbonyl (C=O) groups excluding carboxylic acids is 2. The van der Waals surface area contributed by atoms with Crippen molar-refractivity contribution < 1.29 is 19.1 Å². The normalized spacial score (nSPS) is 18.4. The first kappa shape index (κ1) is 22.7. The molecule has 29 heavy (non-hydrogen) atoms. The molecule has 0 aliphatic heterocycles. The van der Waals surface area contributed by atoms with Crippen molar-refractivity contribution in [1.29, 1.82) is 0 Å². The van der Waals surface area contributed by atoms with Crippen LogP contribution in [0.2, 0.25) is 0 Å². The zero-order valence-electron chi connectivity index (χ0n) is 16.6. The molecule has 3 rings (SSSR count). The van der Waals surface area contributed by atoms with Gasteiger partial charge in [-0.05, 0) is 74.6 Å². The lowest BCUT2D eigenvalue weighted by Crippen LogP contribution is -2.24. The van der Waals surface area contributed by atoms with E-state index in [0.29, 0.717) is 36.2 Å². The molecule has 0 bridgehead atoms. The summed E-state index contributed by atoms with van der Waals surface area (Å²) in [6.45, 7) is 4.76. The van der Waals surface area contributed by atoms with E-state index in [4.69, 9.17) is 9.47 Å². The number of ether oxygens (including phenoxy) is 2. The molecule has 0 aromatic heterocycles. The van der Waals surface area contributed by atoms with Crippen LogP contribution in [0, 0.1) is 25.7 Å². The van der Waals surface area contributed by atoms with Crippen LogP contribution in [0.15, 0.2) is 48.5 Å². The maximum atomic E-state index is 12.2. The van der Waals surface area contributed by atoms with E-state index in [1.807, 2.05) is 50.2 Å². The number of esters is 2. The molecule has 2 aromatic rings. The summed E-state index contributed by atoms with van der Waals surface area (Å²) >= 11 is 0. The fourth-order valence-corrected chi connectivity index (χ4v) is 3.71. The van der Waals surface area contributed by atoms with Crippen LogP contribution in [0.4, 0.5) is 0 Å². The van der Waals surface area contributed by atoms with Crippen LogP contribution in [0.3, 0.4) is 0 Å². The fourth-order valence-electron chi connectivity index (χ4n) is 3.71. The van der Waals surface area contributed by atoms with Crippen LogP contribution in [0.25, 0.3) is 0 Å². The maximum absolute atomic E-state index is 12.2. The molecule has 0 atom stereocenters. The Kier molecular flexibility index (Phi) is 8.44. The zero-order valence-corrected chi connectivity index (χ0v) is 16.6. The molecule has 1 fully saturated rings. The third-order valence-corrected chi connectivity index (χ3v) is 5.60. The zero-order chi connectivity index (χ0) is 19.9. The van der Waals surface area contributed by atoms with E-state index in [1.54, 1.807) is 12.1 Å². The molecule has 1 aliphatic rings. The van der Waals surface area contributed by atoms with Crippen LogP contribution in [-0.4, -0.2) is 25.2 Å². The van der Waals surface area contributed by atoms with Crippen molar-refractivity contribution in [3.63, 3.8) is 0 Å². The largest absolute Gasteiger partial charge is 0.462 e. The van der Waals surface area contributed by atoms with Crippen molar-refractivity contribution in [3.05, 3.63) is 70.8 Å². The second kappa shape index (κ2) is 10.8. The first-order valence-corrected chi connectivity index (χ1v) is 10.00. The molecule has 1 aliphatic carbocycles. The van der Waals surface area contributed by atoms with Gasteiger partial charge in [0.05, 0.1) is 24.3 Å². The van der Waals surface area contributed by atoms with E-state index in [9.17, 15) is 9.59 Å². The Morgan fingerprint density at radius 1 is 0.724 bits per heavy atom. The lowest BCUT2D eigenvalue weighted by atomic mass is 9.83. The molecule has 2 aromatic carbocycles. The molecule has 0 N–H and O–H groups in total. The summed E-state index contributed by atoms with van der Waals surface area (Å²) in [6.07, 6.45) is 3.97. The van der Waals surface area contributed by atoms with Crippen LogP contribution in [-0.2, 0) is 9.47 Å². The SMILES string of the molecule is C.Cc1ccccc1C(=O)OCC1CCC(COC(=O)c2ccccc2C)CC1. The topological polar surface area (TPSA) is 52.6 Å². The van der Waals surface area contributed by atoms with Gasteiger partial charge in [-0.15, -0.1) is 0 Å². The van der Waals surface area contributed by atoms with Gasteiger partial charge in [0.15, 0.2) is 0 Å². The first-order valence-electron chi connectivity index (χ1n) is 10.00. The van der Waals surface area contributed by atoms with Gasteiger partial charge in [-0.2, -0.15) is 0 Å². The van der Waals surface area contributed by atoms with E-state index >= 15 is 0 Å². The minimum atomic E-state index is -0.243. The van der Waals surface area contributed by atoms with Crippen molar-refractivity contribution in [2.75, 3.05) is 13.2 Å². The molecular formula is C25H32O4. The molecular weight excluding hydrogens is 364 g/mol. The molecule has 0 radical (unpaired) electrons. The van der Waals surface area contributed by atoms with E-state index < -0.39 is 0 Å². The summed E-state index contributed by atoms with van der Waals surface area (Å²) in [5, 5.41) is 0. The monoisotopic (exact) mass is 396 g/mol. The molecule has 1 saturated carbocycles. The summed E-state index contributed by atoms with van der Waals surface area (Å²) in [7, 11) is 0. The minimum Gasteiger partial charge on any atom is -0.462 e. The number of benzene rings is 2. The van der Waals surface area contributed by atoms with E-state index in [0.717, 1.165) is 36.8 Å². The molecule has 0 saturated heterocycles. The number of aryl methyl sites for hydroxylation is 2. The summed E-state index contributed by atoms with van der Waals surface area (Å²) in [5.74, 6) is 0.285. The van der Waals surface area contributed by atoms with Crippen molar-refractivity contribution >= 4 is 11.9 Å². The lowest BCUT2D eigenvalue weighted by Gasteiger charge is -2.28. The van der Waals surface area contributed by atoms with Gasteiger partial charge in [0.2, 0.25) is 0 Å². The highest BCUT2D eigenvalue weighted by molar-refractivity contribution is 5.91. The van der Waals surface area contributed by atoms with Gasteiger partial charge in [0.25, 0.3) is 0 Å². The highest BCUT2D eigenvalue weighted by atomic mass is 16.5. The molecule has 4 nitrogen and oxygen atoms in total. The highest BCUT2D eigenvalue weighted by Gasteiger charge is 2.24. The number of hydrogen-bond acceptors (Lipinski definition) is 4. The van der Waals surface area contributed by atoms with Crippen molar-refractivity contribution in [3.8, 4) is 0 Å². The average Bonchev–Trinajstić information content (AvgIpc) is 2.71. The van der Waals surface area contributed by atoms with Crippen LogP contribution < -0.4 is 0 Å². The molecule has 156 valence electrons. The van der Waals surface area contributed by atoms with Gasteiger partial charge in [0, 0.05) is 0 Å².